The average Bonchev–Trinajstić information content (AvgIpc) is 3.46. The van der Waals surface area contributed by atoms with E-state index in [-0.39, 0.29) is 35.5 Å². The van der Waals surface area contributed by atoms with E-state index in [1.807, 2.05) is 26.0 Å². The van der Waals surface area contributed by atoms with E-state index < -0.39 is 6.04 Å². The summed E-state index contributed by atoms with van der Waals surface area (Å²) in [7, 11) is 0. The topological polar surface area (TPSA) is 92.5 Å². The van der Waals surface area contributed by atoms with Crippen molar-refractivity contribution in [2.75, 3.05) is 5.32 Å². The Morgan fingerprint density at radius 3 is 2.45 bits per heavy atom. The number of allylic oxidation sites excluding steroid dienone is 2. The van der Waals surface area contributed by atoms with E-state index in [0.29, 0.717) is 42.0 Å². The molecule has 7 nitrogen and oxygen atoms in total. The maximum Gasteiger partial charge on any atom is 0.247 e. The van der Waals surface area contributed by atoms with Gasteiger partial charge in [0.2, 0.25) is 17.7 Å². The molecule has 0 radical (unpaired) electrons. The van der Waals surface area contributed by atoms with Gasteiger partial charge in [-0.3, -0.25) is 19.3 Å². The maximum atomic E-state index is 13.3. The number of carbonyl (C=O) groups excluding carboxylic acids is 3. The number of oxazole rings is 1. The van der Waals surface area contributed by atoms with Gasteiger partial charge >= 0.3 is 0 Å². The van der Waals surface area contributed by atoms with Gasteiger partial charge in [-0.15, -0.1) is 0 Å². The summed E-state index contributed by atoms with van der Waals surface area (Å²) in [5.74, 6) is -0.155. The van der Waals surface area contributed by atoms with Gasteiger partial charge < -0.3 is 9.73 Å². The molecule has 2 aromatic rings. The number of hydrogen-bond donors (Lipinski definition) is 1. The van der Waals surface area contributed by atoms with E-state index in [0.717, 1.165) is 18.7 Å². The number of hydrogen-bond acceptors (Lipinski definition) is 5. The SMILES string of the molecule is CC(C)CC(C(=O)Nc1ccc2oc(C3CC3)nc2c1)N1C(=O)C2CC=CCC2C1=O. The molecule has 2 aliphatic carbocycles. The van der Waals surface area contributed by atoms with E-state index in [4.69, 9.17) is 4.42 Å². The van der Waals surface area contributed by atoms with Crippen LogP contribution in [0.4, 0.5) is 5.69 Å². The molecule has 0 bridgehead atoms. The van der Waals surface area contributed by atoms with Crippen LogP contribution in [0.5, 0.6) is 0 Å². The molecule has 3 atom stereocenters. The lowest BCUT2D eigenvalue weighted by atomic mass is 9.85. The van der Waals surface area contributed by atoms with Crippen LogP contribution in [0.25, 0.3) is 11.1 Å². The summed E-state index contributed by atoms with van der Waals surface area (Å²) in [5, 5.41) is 2.91. The molecule has 3 unspecified atom stereocenters. The first-order valence-corrected chi connectivity index (χ1v) is 11.2. The monoisotopic (exact) mass is 421 g/mol. The van der Waals surface area contributed by atoms with E-state index in [2.05, 4.69) is 10.3 Å². The van der Waals surface area contributed by atoms with E-state index in [1.54, 1.807) is 18.2 Å². The van der Waals surface area contributed by atoms with Gasteiger partial charge in [0.05, 0.1) is 11.8 Å². The molecule has 31 heavy (non-hydrogen) atoms. The second kappa shape index (κ2) is 7.62. The van der Waals surface area contributed by atoms with Gasteiger partial charge in [-0.25, -0.2) is 4.98 Å². The van der Waals surface area contributed by atoms with Crippen molar-refractivity contribution in [2.45, 2.75) is 57.9 Å². The minimum absolute atomic E-state index is 0.149. The summed E-state index contributed by atoms with van der Waals surface area (Å²) in [6, 6.07) is 4.53. The fraction of sp³-hybridized carbons (Fsp3) is 0.500. The fourth-order valence-corrected chi connectivity index (χ4v) is 4.66. The molecular weight excluding hydrogens is 394 g/mol. The standard InChI is InChI=1S/C24H27N3O4/c1-13(2)11-19(27-23(29)16-5-3-4-6-17(16)24(27)30)21(28)25-15-9-10-20-18(12-15)26-22(31-20)14-7-8-14/h3-4,9-10,12-14,16-17,19H,5-8,11H2,1-2H3,(H,25,28). The Morgan fingerprint density at radius 2 is 1.84 bits per heavy atom. The van der Waals surface area contributed by atoms with E-state index in [9.17, 15) is 14.4 Å². The highest BCUT2D eigenvalue weighted by molar-refractivity contribution is 6.10. The molecule has 1 aromatic carbocycles. The molecule has 1 N–H and O–H groups in total. The number of imide groups is 1. The van der Waals surface area contributed by atoms with Crippen molar-refractivity contribution in [2.24, 2.45) is 17.8 Å². The molecular formula is C24H27N3O4. The van der Waals surface area contributed by atoms with Gasteiger partial charge in [-0.1, -0.05) is 26.0 Å². The molecule has 3 amide bonds. The van der Waals surface area contributed by atoms with Crippen molar-refractivity contribution in [1.29, 1.82) is 0 Å². The van der Waals surface area contributed by atoms with Gasteiger partial charge in [-0.2, -0.15) is 0 Å². The summed E-state index contributed by atoms with van der Waals surface area (Å²) in [6.07, 6.45) is 7.66. The van der Waals surface area contributed by atoms with Gasteiger partial charge in [0.1, 0.15) is 11.6 Å². The van der Waals surface area contributed by atoms with Gasteiger partial charge in [0.25, 0.3) is 0 Å². The Kier molecular flexibility index (Phi) is 4.91. The smallest absolute Gasteiger partial charge is 0.247 e. The van der Waals surface area contributed by atoms with Crippen LogP contribution in [0.2, 0.25) is 0 Å². The third-order valence-electron chi connectivity index (χ3n) is 6.45. The molecule has 1 aromatic heterocycles. The van der Waals surface area contributed by atoms with Crippen LogP contribution in [0.1, 0.15) is 57.8 Å². The molecule has 0 spiro atoms. The molecule has 3 aliphatic rings. The largest absolute Gasteiger partial charge is 0.440 e. The molecule has 5 rings (SSSR count). The quantitative estimate of drug-likeness (QED) is 0.562. The summed E-state index contributed by atoms with van der Waals surface area (Å²) >= 11 is 0. The molecule has 2 fully saturated rings. The van der Waals surface area contributed by atoms with Crippen LogP contribution in [-0.2, 0) is 14.4 Å². The number of amides is 3. The Labute approximate surface area is 180 Å². The van der Waals surface area contributed by atoms with Gasteiger partial charge in [-0.05, 0) is 56.2 Å². The number of nitrogens with zero attached hydrogens (tertiary/aromatic N) is 2. The van der Waals surface area contributed by atoms with Crippen molar-refractivity contribution in [3.8, 4) is 0 Å². The van der Waals surface area contributed by atoms with Crippen molar-refractivity contribution in [3.63, 3.8) is 0 Å². The summed E-state index contributed by atoms with van der Waals surface area (Å²) < 4.78 is 5.79. The second-order valence-corrected chi connectivity index (χ2v) is 9.35. The van der Waals surface area contributed by atoms with E-state index >= 15 is 0 Å². The van der Waals surface area contributed by atoms with Crippen LogP contribution >= 0.6 is 0 Å². The first-order valence-electron chi connectivity index (χ1n) is 11.2. The van der Waals surface area contributed by atoms with Crippen LogP contribution in [-0.4, -0.2) is 33.6 Å². The zero-order valence-electron chi connectivity index (χ0n) is 17.8. The number of fused-ring (bicyclic) bond motifs is 2. The molecule has 1 saturated carbocycles. The summed E-state index contributed by atoms with van der Waals surface area (Å²) in [5.41, 5.74) is 1.98. The lowest BCUT2D eigenvalue weighted by Gasteiger charge is -2.27. The Hall–Kier alpha value is -2.96. The van der Waals surface area contributed by atoms with Crippen LogP contribution < -0.4 is 5.32 Å². The Morgan fingerprint density at radius 1 is 1.16 bits per heavy atom. The molecule has 1 aliphatic heterocycles. The number of aromatic nitrogens is 1. The summed E-state index contributed by atoms with van der Waals surface area (Å²) in [4.78, 5) is 45.1. The summed E-state index contributed by atoms with van der Waals surface area (Å²) in [6.45, 7) is 3.97. The van der Waals surface area contributed by atoms with Crippen LogP contribution in [0.3, 0.4) is 0 Å². The van der Waals surface area contributed by atoms with Crippen molar-refractivity contribution < 1.29 is 18.8 Å². The molecule has 1 saturated heterocycles. The number of rotatable bonds is 6. The molecule has 162 valence electrons. The highest BCUT2D eigenvalue weighted by Crippen LogP contribution is 2.41. The highest BCUT2D eigenvalue weighted by atomic mass is 16.3. The normalized spacial score (nSPS) is 24.2. The zero-order chi connectivity index (χ0) is 21.7. The maximum absolute atomic E-state index is 13.3. The van der Waals surface area contributed by atoms with Crippen molar-refractivity contribution in [1.82, 2.24) is 9.88 Å². The number of nitrogens with one attached hydrogen (secondary N) is 1. The van der Waals surface area contributed by atoms with Crippen molar-refractivity contribution >= 4 is 34.5 Å². The molecule has 7 heteroatoms. The second-order valence-electron chi connectivity index (χ2n) is 9.35. The highest BCUT2D eigenvalue weighted by Gasteiger charge is 2.51. The van der Waals surface area contributed by atoms with Gasteiger partial charge in [0, 0.05) is 11.6 Å². The lowest BCUT2D eigenvalue weighted by Crippen LogP contribution is -2.48. The van der Waals surface area contributed by atoms with E-state index in [1.165, 1.54) is 4.90 Å². The zero-order valence-corrected chi connectivity index (χ0v) is 17.8. The lowest BCUT2D eigenvalue weighted by molar-refractivity contribution is -0.147. The predicted octanol–water partition coefficient (Wildman–Crippen LogP) is 4.01. The average molecular weight is 421 g/mol. The van der Waals surface area contributed by atoms with Crippen molar-refractivity contribution in [3.05, 3.63) is 36.2 Å². The first-order chi connectivity index (χ1) is 14.9. The van der Waals surface area contributed by atoms with Gasteiger partial charge in [0.15, 0.2) is 11.5 Å². The van der Waals surface area contributed by atoms with Crippen LogP contribution in [0, 0.1) is 17.8 Å². The molecule has 2 heterocycles. The minimum Gasteiger partial charge on any atom is -0.440 e. The predicted molar refractivity (Wildman–Crippen MR) is 115 cm³/mol. The number of carbonyl (C=O) groups is 3. The van der Waals surface area contributed by atoms with Crippen LogP contribution in [0.15, 0.2) is 34.8 Å². The fourth-order valence-electron chi connectivity index (χ4n) is 4.66. The minimum atomic E-state index is -0.819. The third kappa shape index (κ3) is 3.66. The first kappa shape index (κ1) is 20.0. The number of likely N-dealkylation sites (tertiary alicyclic amines) is 1. The number of anilines is 1. The third-order valence-corrected chi connectivity index (χ3v) is 6.45. The Bertz CT molecular complexity index is 1060. The Balaban J connectivity index is 1.38. The number of benzene rings is 1.